The van der Waals surface area contributed by atoms with Gasteiger partial charge in [-0.1, -0.05) is 26.7 Å². The zero-order valence-electron chi connectivity index (χ0n) is 8.67. The maximum Gasteiger partial charge on any atom is 0.160 e. The van der Waals surface area contributed by atoms with Gasteiger partial charge in [-0.15, -0.1) is 11.3 Å². The minimum Gasteiger partial charge on any atom is -0.297 e. The van der Waals surface area contributed by atoms with Crippen molar-refractivity contribution in [2.45, 2.75) is 38.5 Å². The Bertz CT molecular complexity index is 269. The Morgan fingerprint density at radius 2 is 2.07 bits per heavy atom. The first-order valence-electron chi connectivity index (χ1n) is 4.53. The molecule has 1 nitrogen and oxygen atoms in total. The normalized spacial score (nSPS) is 9.14. The minimum atomic E-state index is 0.737. The second-order valence-electron chi connectivity index (χ2n) is 2.76. The molecule has 0 aliphatic rings. The fourth-order valence-corrected chi connectivity index (χ4v) is 2.58. The molecule has 0 atom stereocenters. The van der Waals surface area contributed by atoms with Gasteiger partial charge < -0.3 is 0 Å². The summed E-state index contributed by atoms with van der Waals surface area (Å²) in [5, 5.41) is 0. The predicted octanol–water partition coefficient (Wildman–Crippen LogP) is 4.92. The van der Waals surface area contributed by atoms with E-state index in [9.17, 15) is 4.79 Å². The molecule has 4 heteroatoms. The van der Waals surface area contributed by atoms with Gasteiger partial charge in [0.2, 0.25) is 0 Å². The molecule has 0 aliphatic carbocycles. The molecule has 0 radical (unpaired) electrons. The summed E-state index contributed by atoms with van der Waals surface area (Å²) in [7, 11) is 6.67. The molecule has 0 N–H and O–H groups in total. The fraction of sp³-hybridized carbons (Fsp3) is 0.500. The molecule has 0 aromatic carbocycles. The number of aryl methyl sites for hydroxylation is 1. The number of thiophene rings is 1. The van der Waals surface area contributed by atoms with Crippen LogP contribution in [-0.2, 0) is 0 Å². The van der Waals surface area contributed by atoms with Crippen molar-refractivity contribution >= 4 is 39.3 Å². The summed E-state index contributed by atoms with van der Waals surface area (Å²) in [6.45, 7) is 6.31. The van der Waals surface area contributed by atoms with Gasteiger partial charge in [0.05, 0.1) is 4.88 Å². The van der Waals surface area contributed by atoms with E-state index >= 15 is 0 Å². The number of carbonyl (C=O) groups is 1. The lowest BCUT2D eigenvalue weighted by molar-refractivity contribution is 0.112. The average molecular weight is 251 g/mol. The van der Waals surface area contributed by atoms with Crippen molar-refractivity contribution in [2.75, 3.05) is 0 Å². The number of hydrogen-bond acceptors (Lipinski definition) is 3. The zero-order chi connectivity index (χ0) is 11.0. The number of hydrogen-bond donors (Lipinski definition) is 0. The van der Waals surface area contributed by atoms with Crippen LogP contribution >= 0.6 is 33.0 Å². The van der Waals surface area contributed by atoms with Crippen LogP contribution in [0.3, 0.4) is 0 Å². The summed E-state index contributed by atoms with van der Waals surface area (Å²) < 4.78 is 0. The molecule has 80 valence electrons. The summed E-state index contributed by atoms with van der Waals surface area (Å²) in [5.74, 6) is 0. The number of carbonyl (C=O) groups excluding carboxylic acids is 1. The van der Waals surface area contributed by atoms with Crippen LogP contribution in [0.1, 0.15) is 41.2 Å². The van der Waals surface area contributed by atoms with Crippen LogP contribution in [0.15, 0.2) is 11.0 Å². The zero-order valence-corrected chi connectivity index (χ0v) is 11.1. The number of unbranched alkanes of at least 4 members (excludes halogenated alkanes) is 1. The monoisotopic (exact) mass is 250 g/mol. The molecule has 0 aliphatic heterocycles. The molecule has 0 saturated carbocycles. The van der Waals surface area contributed by atoms with E-state index in [1.165, 1.54) is 24.2 Å². The molecule has 14 heavy (non-hydrogen) atoms. The fourth-order valence-electron chi connectivity index (χ4n) is 0.622. The van der Waals surface area contributed by atoms with Gasteiger partial charge in [0.1, 0.15) is 0 Å². The maximum atomic E-state index is 10.2. The standard InChI is InChI=1S/C6H5ClOS2.C4H10/c1-4-6(10-7)2-5(3-8)9-4;1-3-4-2/h2-3H,1H3;3-4H2,1-2H3. The molecule has 0 spiro atoms. The Morgan fingerprint density at radius 1 is 1.50 bits per heavy atom. The Labute approximate surface area is 98.4 Å². The van der Waals surface area contributed by atoms with E-state index in [2.05, 4.69) is 13.8 Å². The summed E-state index contributed by atoms with van der Waals surface area (Å²) in [6, 6.07) is 1.80. The number of halogens is 1. The third kappa shape index (κ3) is 5.03. The SMILES string of the molecule is CCCC.Cc1sc(C=O)cc1SCl. The van der Waals surface area contributed by atoms with Crippen molar-refractivity contribution in [1.29, 1.82) is 0 Å². The van der Waals surface area contributed by atoms with Gasteiger partial charge in [0.25, 0.3) is 0 Å². The van der Waals surface area contributed by atoms with E-state index in [0.717, 1.165) is 31.9 Å². The van der Waals surface area contributed by atoms with Crippen molar-refractivity contribution in [3.63, 3.8) is 0 Å². The average Bonchev–Trinajstić information content (AvgIpc) is 2.59. The summed E-state index contributed by atoms with van der Waals surface area (Å²) >= 11 is 1.47. The molecule has 0 saturated heterocycles. The Morgan fingerprint density at radius 3 is 2.29 bits per heavy atom. The van der Waals surface area contributed by atoms with E-state index in [1.54, 1.807) is 6.07 Å². The van der Waals surface area contributed by atoms with Gasteiger partial charge in [-0.3, -0.25) is 4.79 Å². The summed E-state index contributed by atoms with van der Waals surface area (Å²) in [4.78, 5) is 13.1. The molecule has 0 bridgehead atoms. The molecule has 1 aromatic heterocycles. The lowest BCUT2D eigenvalue weighted by Gasteiger charge is -1.84. The van der Waals surface area contributed by atoms with Crippen molar-refractivity contribution < 1.29 is 4.79 Å². The molecular weight excluding hydrogens is 236 g/mol. The van der Waals surface area contributed by atoms with Gasteiger partial charge in [-0.2, -0.15) is 0 Å². The van der Waals surface area contributed by atoms with Crippen LogP contribution < -0.4 is 0 Å². The smallest absolute Gasteiger partial charge is 0.160 e. The highest BCUT2D eigenvalue weighted by atomic mass is 35.7. The summed E-state index contributed by atoms with van der Waals surface area (Å²) in [5.41, 5.74) is 0. The van der Waals surface area contributed by atoms with E-state index in [4.69, 9.17) is 10.7 Å². The molecule has 1 heterocycles. The highest BCUT2D eigenvalue weighted by Crippen LogP contribution is 2.31. The maximum absolute atomic E-state index is 10.2. The first-order valence-corrected chi connectivity index (χ1v) is 6.99. The van der Waals surface area contributed by atoms with Crippen molar-refractivity contribution in [3.05, 3.63) is 15.8 Å². The van der Waals surface area contributed by atoms with E-state index in [1.807, 2.05) is 6.92 Å². The highest BCUT2D eigenvalue weighted by Gasteiger charge is 2.02. The second kappa shape index (κ2) is 8.33. The quantitative estimate of drug-likeness (QED) is 0.709. The van der Waals surface area contributed by atoms with Crippen molar-refractivity contribution in [1.82, 2.24) is 0 Å². The third-order valence-electron chi connectivity index (χ3n) is 1.59. The molecule has 0 fully saturated rings. The van der Waals surface area contributed by atoms with Gasteiger partial charge in [0.15, 0.2) is 6.29 Å². The van der Waals surface area contributed by atoms with Crippen LogP contribution in [0.5, 0.6) is 0 Å². The molecule has 1 rings (SSSR count). The topological polar surface area (TPSA) is 17.1 Å². The largest absolute Gasteiger partial charge is 0.297 e. The van der Waals surface area contributed by atoms with Crippen LogP contribution in [0, 0.1) is 6.92 Å². The van der Waals surface area contributed by atoms with E-state index < -0.39 is 0 Å². The van der Waals surface area contributed by atoms with Gasteiger partial charge in [-0.25, -0.2) is 0 Å². The van der Waals surface area contributed by atoms with Crippen LogP contribution in [0.25, 0.3) is 0 Å². The number of rotatable bonds is 3. The number of aldehydes is 1. The summed E-state index contributed by atoms with van der Waals surface area (Å²) in [6.07, 6.45) is 3.48. The predicted molar refractivity (Wildman–Crippen MR) is 66.7 cm³/mol. The van der Waals surface area contributed by atoms with Crippen LogP contribution in [0.4, 0.5) is 0 Å². The van der Waals surface area contributed by atoms with Crippen LogP contribution in [-0.4, -0.2) is 6.29 Å². The Kier molecular flexibility index (Phi) is 8.34. The van der Waals surface area contributed by atoms with Crippen molar-refractivity contribution in [2.24, 2.45) is 0 Å². The van der Waals surface area contributed by atoms with Gasteiger partial charge in [0, 0.05) is 9.77 Å². The molecule has 0 unspecified atom stereocenters. The van der Waals surface area contributed by atoms with Gasteiger partial charge >= 0.3 is 0 Å². The first kappa shape index (κ1) is 14.0. The van der Waals surface area contributed by atoms with E-state index in [-0.39, 0.29) is 0 Å². The molecular formula is C10H15ClOS2. The Hall–Kier alpha value is 0.01000. The van der Waals surface area contributed by atoms with Crippen LogP contribution in [0.2, 0.25) is 0 Å². The second-order valence-corrected chi connectivity index (χ2v) is 5.11. The van der Waals surface area contributed by atoms with Crippen molar-refractivity contribution in [3.8, 4) is 0 Å². The lowest BCUT2D eigenvalue weighted by Crippen LogP contribution is -1.63. The lowest BCUT2D eigenvalue weighted by atomic mass is 10.4. The Balaban J connectivity index is 0.000000364. The molecule has 1 aromatic rings. The third-order valence-corrected chi connectivity index (χ3v) is 3.78. The molecule has 0 amide bonds. The van der Waals surface area contributed by atoms with Gasteiger partial charge in [-0.05, 0) is 34.6 Å². The van der Waals surface area contributed by atoms with E-state index in [0.29, 0.717) is 0 Å². The first-order chi connectivity index (χ1) is 6.69. The highest BCUT2D eigenvalue weighted by molar-refractivity contribution is 8.21. The minimum absolute atomic E-state index is 0.737.